The lowest BCUT2D eigenvalue weighted by Gasteiger charge is -2.27. The fourth-order valence-electron chi connectivity index (χ4n) is 3.98. The van der Waals surface area contributed by atoms with Crippen LogP contribution in [0.5, 0.6) is 0 Å². The first kappa shape index (κ1) is 23.8. The zero-order valence-electron chi connectivity index (χ0n) is 19.3. The molecule has 1 amide bonds. The van der Waals surface area contributed by atoms with E-state index in [0.29, 0.717) is 30.2 Å². The fraction of sp³-hybridized carbons (Fsp3) is 0.458. The lowest BCUT2D eigenvalue weighted by atomic mass is 10.0. The van der Waals surface area contributed by atoms with Crippen molar-refractivity contribution < 1.29 is 13.9 Å². The van der Waals surface area contributed by atoms with Gasteiger partial charge in [-0.15, -0.1) is 11.3 Å². The molecule has 3 heterocycles. The highest BCUT2D eigenvalue weighted by Crippen LogP contribution is 2.29. The molecule has 0 saturated carbocycles. The molecule has 0 aliphatic heterocycles. The minimum Gasteiger partial charge on any atom is -0.467 e. The van der Waals surface area contributed by atoms with Crippen LogP contribution in [0.1, 0.15) is 41.9 Å². The van der Waals surface area contributed by atoms with E-state index in [1.165, 1.54) is 23.1 Å². The van der Waals surface area contributed by atoms with Crippen LogP contribution in [-0.2, 0) is 22.6 Å². The smallest absolute Gasteiger partial charge is 0.263 e. The number of allylic oxidation sites excluding steroid dienone is 2. The zero-order chi connectivity index (χ0) is 23.4. The Labute approximate surface area is 201 Å². The number of amides is 1. The number of thiophene rings is 1. The maximum atomic E-state index is 13.4. The largest absolute Gasteiger partial charge is 0.467 e. The molecule has 9 heteroatoms. The molecule has 7 nitrogen and oxygen atoms in total. The molecule has 0 bridgehead atoms. The lowest BCUT2D eigenvalue weighted by Crippen LogP contribution is -2.32. The summed E-state index contributed by atoms with van der Waals surface area (Å²) in [4.78, 5) is 35.0. The van der Waals surface area contributed by atoms with Crippen LogP contribution in [0.3, 0.4) is 0 Å². The van der Waals surface area contributed by atoms with Crippen molar-refractivity contribution in [1.82, 2.24) is 14.5 Å². The summed E-state index contributed by atoms with van der Waals surface area (Å²) in [5.74, 6) is 0.920. The topological polar surface area (TPSA) is 77.6 Å². The molecule has 0 N–H and O–H groups in total. The fourth-order valence-corrected chi connectivity index (χ4v) is 5.95. The Morgan fingerprint density at radius 1 is 1.36 bits per heavy atom. The molecule has 0 unspecified atom stereocenters. The molecular weight excluding hydrogens is 458 g/mol. The van der Waals surface area contributed by atoms with Crippen molar-refractivity contribution in [3.8, 4) is 0 Å². The molecule has 176 valence electrons. The average Bonchev–Trinajstić information content (AvgIpc) is 3.43. The van der Waals surface area contributed by atoms with Crippen LogP contribution in [-0.4, -0.2) is 39.8 Å². The van der Waals surface area contributed by atoms with E-state index in [1.807, 2.05) is 30.9 Å². The van der Waals surface area contributed by atoms with Gasteiger partial charge in [-0.05, 0) is 57.2 Å². The van der Waals surface area contributed by atoms with Gasteiger partial charge in [-0.3, -0.25) is 14.2 Å². The van der Waals surface area contributed by atoms with Gasteiger partial charge in [-0.25, -0.2) is 4.98 Å². The molecule has 0 spiro atoms. The standard InChI is InChI=1S/C24H29N3O4S2/c1-16-17(2)33-22-21(16)23(29)26(11-13-30-3)24(25-22)32-15-20(28)27(14-19-10-7-12-31-19)18-8-5-4-6-9-18/h7-8,10,12H,4-6,9,11,13-15H2,1-3H3. The van der Waals surface area contributed by atoms with Crippen molar-refractivity contribution in [1.29, 1.82) is 0 Å². The lowest BCUT2D eigenvalue weighted by molar-refractivity contribution is -0.127. The highest BCUT2D eigenvalue weighted by molar-refractivity contribution is 7.99. The van der Waals surface area contributed by atoms with Gasteiger partial charge in [0.15, 0.2) is 5.16 Å². The van der Waals surface area contributed by atoms with E-state index in [1.54, 1.807) is 17.9 Å². The van der Waals surface area contributed by atoms with Crippen molar-refractivity contribution in [3.05, 3.63) is 56.7 Å². The van der Waals surface area contributed by atoms with Crippen LogP contribution < -0.4 is 5.56 Å². The Kier molecular flexibility index (Phi) is 7.72. The predicted molar refractivity (Wildman–Crippen MR) is 132 cm³/mol. The number of methoxy groups -OCH3 is 1. The second kappa shape index (κ2) is 10.7. The third-order valence-corrected chi connectivity index (χ3v) is 7.97. The van der Waals surface area contributed by atoms with Gasteiger partial charge in [-0.2, -0.15) is 0 Å². The van der Waals surface area contributed by atoms with Crippen molar-refractivity contribution in [2.45, 2.75) is 57.8 Å². The minimum absolute atomic E-state index is 0.0178. The van der Waals surface area contributed by atoms with E-state index >= 15 is 0 Å². The SMILES string of the molecule is COCCn1c(SCC(=O)N(Cc2ccco2)C2=CCCCC2)nc2sc(C)c(C)c2c1=O. The highest BCUT2D eigenvalue weighted by atomic mass is 32.2. The monoisotopic (exact) mass is 487 g/mol. The van der Waals surface area contributed by atoms with Gasteiger partial charge in [0.25, 0.3) is 5.56 Å². The Balaban J connectivity index is 1.60. The summed E-state index contributed by atoms with van der Waals surface area (Å²) in [6.45, 7) is 5.16. The second-order valence-electron chi connectivity index (χ2n) is 8.10. The summed E-state index contributed by atoms with van der Waals surface area (Å²) in [5, 5.41) is 1.21. The number of hydrogen-bond acceptors (Lipinski definition) is 7. The molecule has 0 radical (unpaired) electrons. The van der Waals surface area contributed by atoms with E-state index < -0.39 is 0 Å². The van der Waals surface area contributed by atoms with Crippen molar-refractivity contribution >= 4 is 39.2 Å². The van der Waals surface area contributed by atoms with E-state index in [0.717, 1.165) is 52.4 Å². The number of aryl methyl sites for hydroxylation is 2. The number of carbonyl (C=O) groups excluding carboxylic acids is 1. The van der Waals surface area contributed by atoms with Crippen LogP contribution in [0, 0.1) is 13.8 Å². The molecule has 1 aliphatic rings. The minimum atomic E-state index is -0.0729. The number of furan rings is 1. The molecule has 3 aromatic rings. The Morgan fingerprint density at radius 2 is 2.21 bits per heavy atom. The van der Waals surface area contributed by atoms with Gasteiger partial charge in [0, 0.05) is 17.7 Å². The number of ether oxygens (including phenoxy) is 1. The van der Waals surface area contributed by atoms with Crippen molar-refractivity contribution in [2.24, 2.45) is 0 Å². The van der Waals surface area contributed by atoms with Gasteiger partial charge in [0.2, 0.25) is 5.91 Å². The summed E-state index contributed by atoms with van der Waals surface area (Å²) in [5.41, 5.74) is 1.95. The first-order valence-electron chi connectivity index (χ1n) is 11.1. The quantitative estimate of drug-likeness (QED) is 0.316. The van der Waals surface area contributed by atoms with Crippen LogP contribution in [0.4, 0.5) is 0 Å². The summed E-state index contributed by atoms with van der Waals surface area (Å²) in [6, 6.07) is 3.72. The number of carbonyl (C=O) groups is 1. The maximum absolute atomic E-state index is 13.4. The van der Waals surface area contributed by atoms with Gasteiger partial charge in [-0.1, -0.05) is 17.8 Å². The van der Waals surface area contributed by atoms with Crippen molar-refractivity contribution in [2.75, 3.05) is 19.5 Å². The molecular formula is C24H29N3O4S2. The number of thioether (sulfide) groups is 1. The molecule has 1 aliphatic carbocycles. The summed E-state index contributed by atoms with van der Waals surface area (Å²) in [7, 11) is 1.61. The predicted octanol–water partition coefficient (Wildman–Crippen LogP) is 4.89. The van der Waals surface area contributed by atoms with E-state index in [4.69, 9.17) is 14.1 Å². The van der Waals surface area contributed by atoms with E-state index in [-0.39, 0.29) is 17.2 Å². The molecule has 0 aromatic carbocycles. The van der Waals surface area contributed by atoms with Crippen LogP contribution in [0.15, 0.2) is 44.5 Å². The number of aromatic nitrogens is 2. The first-order chi connectivity index (χ1) is 16.0. The van der Waals surface area contributed by atoms with Gasteiger partial charge >= 0.3 is 0 Å². The van der Waals surface area contributed by atoms with Gasteiger partial charge in [0.05, 0.1) is 37.1 Å². The van der Waals surface area contributed by atoms with Gasteiger partial charge in [0.1, 0.15) is 10.6 Å². The van der Waals surface area contributed by atoms with E-state index in [9.17, 15) is 9.59 Å². The maximum Gasteiger partial charge on any atom is 0.263 e. The third kappa shape index (κ3) is 5.26. The van der Waals surface area contributed by atoms with Crippen LogP contribution in [0.25, 0.3) is 10.2 Å². The number of nitrogens with zero attached hydrogens (tertiary/aromatic N) is 3. The summed E-state index contributed by atoms with van der Waals surface area (Å²) < 4.78 is 12.4. The summed E-state index contributed by atoms with van der Waals surface area (Å²) >= 11 is 2.83. The van der Waals surface area contributed by atoms with Crippen LogP contribution >= 0.6 is 23.1 Å². The van der Waals surface area contributed by atoms with Crippen LogP contribution in [0.2, 0.25) is 0 Å². The Hall–Kier alpha value is -2.36. The number of fused-ring (bicyclic) bond motifs is 1. The molecule has 33 heavy (non-hydrogen) atoms. The summed E-state index contributed by atoms with van der Waals surface area (Å²) in [6.07, 6.45) is 7.87. The van der Waals surface area contributed by atoms with Crippen molar-refractivity contribution in [3.63, 3.8) is 0 Å². The molecule has 3 aromatic heterocycles. The molecule has 0 saturated heterocycles. The third-order valence-electron chi connectivity index (χ3n) is 5.91. The number of hydrogen-bond donors (Lipinski definition) is 0. The molecule has 0 atom stereocenters. The van der Waals surface area contributed by atoms with E-state index in [2.05, 4.69) is 6.08 Å². The Morgan fingerprint density at radius 3 is 2.91 bits per heavy atom. The van der Waals surface area contributed by atoms with Gasteiger partial charge < -0.3 is 14.1 Å². The molecule has 0 fully saturated rings. The normalized spacial score (nSPS) is 14.0. The Bertz CT molecular complexity index is 1210. The highest BCUT2D eigenvalue weighted by Gasteiger charge is 2.23. The average molecular weight is 488 g/mol. The number of rotatable bonds is 9. The first-order valence-corrected chi connectivity index (χ1v) is 12.9. The molecule has 4 rings (SSSR count). The zero-order valence-corrected chi connectivity index (χ0v) is 20.9. The second-order valence-corrected chi connectivity index (χ2v) is 10.2.